The third-order valence-corrected chi connectivity index (χ3v) is 12.8. The van der Waals surface area contributed by atoms with Crippen LogP contribution in [0.4, 0.5) is 22.0 Å². The van der Waals surface area contributed by atoms with Crippen molar-refractivity contribution in [2.24, 2.45) is 0 Å². The van der Waals surface area contributed by atoms with Gasteiger partial charge in [0.05, 0.1) is 0 Å². The monoisotopic (exact) mass is 1450 g/mol. The summed E-state index contributed by atoms with van der Waals surface area (Å²) in [6.07, 6.45) is 4.41. The van der Waals surface area contributed by atoms with Gasteiger partial charge in [-0.05, 0) is 22.3 Å². The van der Waals surface area contributed by atoms with E-state index in [4.69, 9.17) is 72.4 Å². The summed E-state index contributed by atoms with van der Waals surface area (Å²) >= 11 is 0. The summed E-state index contributed by atoms with van der Waals surface area (Å²) in [6.45, 7) is -5.33. The van der Waals surface area contributed by atoms with Crippen molar-refractivity contribution in [3.8, 4) is 40.2 Å². The zero-order valence-electron chi connectivity index (χ0n) is 54.4. The van der Waals surface area contributed by atoms with Crippen molar-refractivity contribution < 1.29 is 112 Å². The SMILES string of the molecule is O=Cc1oc(CF)cc(=O)c1OCc1ccccc1.O=c1cc(CF)oc(CO)c1O.O=c1cc(CF)oc(CO)c1OCc1ccccc1.O=c1cc(CF)occ1O.O=c1cc(CF)occ1OCc1ccccc1.O=c1cc(CO)occ1O.O=c1cc(CO)occ1OCc1ccccc1. The molecule has 0 radical (unpaired) electrons. The number of hydrogen-bond donors (Lipinski definition) is 7. The predicted molar refractivity (Wildman–Crippen MR) is 356 cm³/mol. The fraction of sp³-hybridized carbons (Fsp3) is 0.178. The summed E-state index contributed by atoms with van der Waals surface area (Å²) in [5.74, 6) is -2.57. The maximum atomic E-state index is 12.4. The van der Waals surface area contributed by atoms with E-state index in [1.807, 2.05) is 121 Å². The Morgan fingerprint density at radius 2 is 0.635 bits per heavy atom. The van der Waals surface area contributed by atoms with Crippen LogP contribution in [-0.4, -0.2) is 42.0 Å². The van der Waals surface area contributed by atoms with E-state index in [2.05, 4.69) is 13.3 Å². The molecular weight excluding hydrogens is 1390 g/mol. The molecule has 11 rings (SSSR count). The number of alkyl halides is 5. The van der Waals surface area contributed by atoms with Crippen molar-refractivity contribution in [2.45, 2.75) is 86.2 Å². The maximum absolute atomic E-state index is 12.4. The van der Waals surface area contributed by atoms with E-state index >= 15 is 0 Å². The third-order valence-electron chi connectivity index (χ3n) is 12.8. The van der Waals surface area contributed by atoms with Gasteiger partial charge >= 0.3 is 0 Å². The second-order valence-corrected chi connectivity index (χ2v) is 20.3. The summed E-state index contributed by atoms with van der Waals surface area (Å²) in [5.41, 5.74) is -0.0349. The summed E-state index contributed by atoms with van der Waals surface area (Å²) in [4.78, 5) is 89.1. The molecule has 0 aliphatic carbocycles. The Balaban J connectivity index is 0.000000221. The molecule has 0 unspecified atom stereocenters. The molecule has 0 bridgehead atoms. The molecule has 0 saturated heterocycles. The molecule has 0 saturated carbocycles. The Hall–Kier alpha value is -12.7. The quantitative estimate of drug-likeness (QED) is 0.0245. The van der Waals surface area contributed by atoms with Gasteiger partial charge in [-0.25, -0.2) is 22.0 Å². The molecular formula is C73H65F5O26. The number of hydrogen-bond acceptors (Lipinski definition) is 26. The molecule has 0 aliphatic rings. The predicted octanol–water partition coefficient (Wildman–Crippen LogP) is 10.0. The van der Waals surface area contributed by atoms with Crippen molar-refractivity contribution in [3.63, 3.8) is 0 Å². The van der Waals surface area contributed by atoms with Crippen molar-refractivity contribution in [1.82, 2.24) is 0 Å². The number of halogens is 5. The van der Waals surface area contributed by atoms with Gasteiger partial charge in [0.2, 0.25) is 72.5 Å². The van der Waals surface area contributed by atoms with Crippen LogP contribution in [-0.2, 0) is 86.2 Å². The molecule has 0 atom stereocenters. The van der Waals surface area contributed by atoms with E-state index in [0.29, 0.717) is 12.9 Å². The number of benzene rings is 4. The Morgan fingerprint density at radius 3 is 1.01 bits per heavy atom. The zero-order chi connectivity index (χ0) is 75.8. The molecule has 0 aliphatic heterocycles. The first-order valence-corrected chi connectivity index (χ1v) is 30.1. The molecule has 0 amide bonds. The standard InChI is InChI=1S/C14H13FO4.C14H11FO4.C13H11FO3.C13H12O4.C7H7FO4.C6H5FO3.C6H6O4/c2*15-7-11-6-12(17)14(13(8-16)19-11)18-9-10-4-2-1-3-5-10;2*14-7-11-6-12(15)13(9-16-11)17-8-10-4-2-1-3-5-10;8-2-4-1-5(10)7(11)6(3-9)12-4;2*7-2-4-1-5(8)6(9)3-10-4/h1-6,16H,7-9H2;1-6,8H,7,9H2;1-6,9H,7-8H2;1-6,9,14H,7-8H2;1,9,11H,2-3H2;1,3,9H,2H2;1,3,7,9H,2H2. The normalized spacial score (nSPS) is 10.1. The van der Waals surface area contributed by atoms with Crippen molar-refractivity contribution in [3.05, 3.63) is 340 Å². The average molecular weight is 1450 g/mol. The van der Waals surface area contributed by atoms with Crippen LogP contribution in [0.5, 0.6) is 40.2 Å². The van der Waals surface area contributed by atoms with Gasteiger partial charge in [0, 0.05) is 42.5 Å². The van der Waals surface area contributed by atoms with Crippen LogP contribution in [0.25, 0.3) is 0 Å². The second-order valence-electron chi connectivity index (χ2n) is 20.3. The van der Waals surface area contributed by atoms with E-state index in [1.54, 1.807) is 0 Å². The van der Waals surface area contributed by atoms with Crippen LogP contribution >= 0.6 is 0 Å². The third kappa shape index (κ3) is 27.4. The molecule has 4 aromatic carbocycles. The molecule has 7 aromatic heterocycles. The minimum absolute atomic E-state index is 0.00191. The number of aliphatic hydroxyl groups is 4. The number of aromatic hydroxyl groups is 3. The highest BCUT2D eigenvalue weighted by molar-refractivity contribution is 5.74. The molecule has 548 valence electrons. The lowest BCUT2D eigenvalue weighted by atomic mass is 10.2. The first-order chi connectivity index (χ1) is 50.2. The van der Waals surface area contributed by atoms with E-state index in [1.165, 1.54) is 12.3 Å². The van der Waals surface area contributed by atoms with E-state index in [0.717, 1.165) is 77.4 Å². The zero-order valence-corrected chi connectivity index (χ0v) is 54.4. The molecule has 0 spiro atoms. The minimum Gasteiger partial charge on any atom is -0.502 e. The van der Waals surface area contributed by atoms with Crippen LogP contribution in [0, 0.1) is 0 Å². The molecule has 104 heavy (non-hydrogen) atoms. The average Bonchev–Trinajstić information content (AvgIpc) is 0.892. The second kappa shape index (κ2) is 44.4. The van der Waals surface area contributed by atoms with E-state index in [9.17, 15) is 60.3 Å². The topological polar surface area (TPSA) is 407 Å². The van der Waals surface area contributed by atoms with Crippen LogP contribution in [0.15, 0.2) is 253 Å². The largest absolute Gasteiger partial charge is 0.502 e. The van der Waals surface area contributed by atoms with Crippen molar-refractivity contribution in [1.29, 1.82) is 0 Å². The summed E-state index contributed by atoms with van der Waals surface area (Å²) < 4.78 is 116. The molecule has 26 nitrogen and oxygen atoms in total. The van der Waals surface area contributed by atoms with Crippen molar-refractivity contribution >= 4 is 6.29 Å². The highest BCUT2D eigenvalue weighted by atomic mass is 19.1. The number of carbonyl (C=O) groups excluding carboxylic acids is 1. The van der Waals surface area contributed by atoms with Crippen molar-refractivity contribution in [2.75, 3.05) is 0 Å². The Kier molecular flexibility index (Phi) is 35.0. The lowest BCUT2D eigenvalue weighted by Crippen LogP contribution is -2.11. The Labute approximate surface area is 583 Å². The molecule has 0 fully saturated rings. The first kappa shape index (κ1) is 82.0. The van der Waals surface area contributed by atoms with E-state index < -0.39 is 91.0 Å². The van der Waals surface area contributed by atoms with E-state index in [-0.39, 0.29) is 124 Å². The van der Waals surface area contributed by atoms with Crippen LogP contribution in [0.1, 0.15) is 84.7 Å². The molecule has 11 aromatic rings. The Bertz CT molecular complexity index is 4690. The number of carbonyl (C=O) groups is 1. The van der Waals surface area contributed by atoms with Crippen LogP contribution in [0.2, 0.25) is 0 Å². The highest BCUT2D eigenvalue weighted by Gasteiger charge is 2.16. The summed E-state index contributed by atoms with van der Waals surface area (Å²) in [7, 11) is 0. The van der Waals surface area contributed by atoms with Gasteiger partial charge < -0.3 is 85.6 Å². The number of aldehydes is 1. The molecule has 7 N–H and O–H groups in total. The van der Waals surface area contributed by atoms with Gasteiger partial charge in [-0.2, -0.15) is 0 Å². The number of rotatable bonds is 22. The fourth-order valence-electron chi connectivity index (χ4n) is 7.71. The molecule has 7 heterocycles. The van der Waals surface area contributed by atoms with Crippen LogP contribution in [0.3, 0.4) is 0 Å². The van der Waals surface area contributed by atoms with Gasteiger partial charge in [-0.3, -0.25) is 38.4 Å². The lowest BCUT2D eigenvalue weighted by Gasteiger charge is -2.09. The number of aliphatic hydroxyl groups excluding tert-OH is 4. The number of ether oxygens (including phenoxy) is 4. The van der Waals surface area contributed by atoms with Gasteiger partial charge in [-0.15, -0.1) is 0 Å². The van der Waals surface area contributed by atoms with Crippen LogP contribution < -0.4 is 56.9 Å². The van der Waals surface area contributed by atoms with Gasteiger partial charge in [0.1, 0.15) is 152 Å². The van der Waals surface area contributed by atoms with Gasteiger partial charge in [0.25, 0.3) is 0 Å². The summed E-state index contributed by atoms with van der Waals surface area (Å²) in [6, 6.07) is 44.5. The maximum Gasteiger partial charge on any atom is 0.227 e. The lowest BCUT2D eigenvalue weighted by molar-refractivity contribution is 0.108. The smallest absolute Gasteiger partial charge is 0.227 e. The highest BCUT2D eigenvalue weighted by Crippen LogP contribution is 2.20. The minimum atomic E-state index is -0.949. The van der Waals surface area contributed by atoms with Gasteiger partial charge in [-0.1, -0.05) is 121 Å². The fourth-order valence-corrected chi connectivity index (χ4v) is 7.71. The first-order valence-electron chi connectivity index (χ1n) is 30.1. The Morgan fingerprint density at radius 1 is 0.327 bits per heavy atom. The van der Waals surface area contributed by atoms with Gasteiger partial charge in [0.15, 0.2) is 29.3 Å². The molecule has 31 heteroatoms. The summed E-state index contributed by atoms with van der Waals surface area (Å²) in [5, 5.41) is 61.1.